The van der Waals surface area contributed by atoms with E-state index < -0.39 is 6.10 Å². The maximum Gasteiger partial charge on any atom is 0.204 e. The van der Waals surface area contributed by atoms with E-state index in [-0.39, 0.29) is 17.5 Å². The van der Waals surface area contributed by atoms with Gasteiger partial charge in [0, 0.05) is 11.1 Å². The Kier molecular flexibility index (Phi) is 4.11. The Morgan fingerprint density at radius 1 is 0.913 bits per heavy atom. The fourth-order valence-electron chi connectivity index (χ4n) is 3.13. The standard InChI is InChI=1S/C20H18O3/c1-13(21)17-14(2)23-20(18(17)15-9-5-3-6-10-15)19(22)16-11-7-4-8-12-16/h3-12,18,20H,1-2H3/t18-,20+/m1/s1. The summed E-state index contributed by atoms with van der Waals surface area (Å²) < 4.78 is 5.83. The predicted octanol–water partition coefficient (Wildman–Crippen LogP) is 3.91. The highest BCUT2D eigenvalue weighted by Gasteiger charge is 2.42. The van der Waals surface area contributed by atoms with Gasteiger partial charge in [0.05, 0.1) is 5.92 Å². The van der Waals surface area contributed by atoms with Crippen LogP contribution in [0.5, 0.6) is 0 Å². The number of Topliss-reactive ketones (excluding diaryl/α,β-unsaturated/α-hetero) is 2. The summed E-state index contributed by atoms with van der Waals surface area (Å²) in [6.07, 6.45) is -0.696. The fraction of sp³-hybridized carbons (Fsp3) is 0.200. The number of rotatable bonds is 4. The number of hydrogen-bond donors (Lipinski definition) is 0. The molecule has 1 heterocycles. The minimum Gasteiger partial charge on any atom is -0.485 e. The molecule has 2 atom stereocenters. The molecule has 3 heteroatoms. The SMILES string of the molecule is CC(=O)C1=C(C)O[C@H](C(=O)c2ccccc2)[C@@H]1c1ccccc1. The summed E-state index contributed by atoms with van der Waals surface area (Å²) in [6.45, 7) is 3.28. The minimum absolute atomic E-state index is 0.0558. The van der Waals surface area contributed by atoms with Crippen molar-refractivity contribution in [2.45, 2.75) is 25.9 Å². The Hall–Kier alpha value is -2.68. The van der Waals surface area contributed by atoms with Gasteiger partial charge < -0.3 is 4.74 Å². The summed E-state index contributed by atoms with van der Waals surface area (Å²) in [7, 11) is 0. The second-order valence-electron chi connectivity index (χ2n) is 5.68. The van der Waals surface area contributed by atoms with E-state index >= 15 is 0 Å². The number of hydrogen-bond acceptors (Lipinski definition) is 3. The lowest BCUT2D eigenvalue weighted by Crippen LogP contribution is -2.28. The Balaban J connectivity index is 2.04. The van der Waals surface area contributed by atoms with Crippen LogP contribution in [0.2, 0.25) is 0 Å². The number of ether oxygens (including phenoxy) is 1. The molecule has 0 fully saturated rings. The second kappa shape index (κ2) is 6.21. The monoisotopic (exact) mass is 306 g/mol. The fourth-order valence-corrected chi connectivity index (χ4v) is 3.13. The first-order chi connectivity index (χ1) is 11.1. The van der Waals surface area contributed by atoms with Crippen molar-refractivity contribution in [1.29, 1.82) is 0 Å². The molecule has 0 unspecified atom stereocenters. The summed E-state index contributed by atoms with van der Waals surface area (Å²) in [5.74, 6) is 0.0248. The van der Waals surface area contributed by atoms with Gasteiger partial charge in [-0.1, -0.05) is 60.7 Å². The van der Waals surface area contributed by atoms with E-state index in [0.29, 0.717) is 16.9 Å². The summed E-state index contributed by atoms with van der Waals surface area (Å²) in [4.78, 5) is 25.0. The molecule has 1 aliphatic rings. The molecule has 0 saturated heterocycles. The molecule has 0 amide bonds. The highest BCUT2D eigenvalue weighted by atomic mass is 16.5. The molecule has 0 saturated carbocycles. The van der Waals surface area contributed by atoms with Crippen molar-refractivity contribution in [3.63, 3.8) is 0 Å². The van der Waals surface area contributed by atoms with E-state index in [1.54, 1.807) is 19.1 Å². The van der Waals surface area contributed by atoms with Gasteiger partial charge in [0.25, 0.3) is 0 Å². The second-order valence-corrected chi connectivity index (χ2v) is 5.68. The van der Waals surface area contributed by atoms with Crippen molar-refractivity contribution in [3.8, 4) is 0 Å². The highest BCUT2D eigenvalue weighted by molar-refractivity contribution is 6.04. The van der Waals surface area contributed by atoms with Crippen molar-refractivity contribution in [2.24, 2.45) is 0 Å². The zero-order valence-electron chi connectivity index (χ0n) is 13.2. The molecule has 1 aliphatic heterocycles. The molecule has 3 nitrogen and oxygen atoms in total. The lowest BCUT2D eigenvalue weighted by Gasteiger charge is -2.20. The molecule has 0 aliphatic carbocycles. The van der Waals surface area contributed by atoms with Crippen molar-refractivity contribution >= 4 is 11.6 Å². The number of benzene rings is 2. The summed E-state index contributed by atoms with van der Waals surface area (Å²) in [5, 5.41) is 0. The molecule has 0 N–H and O–H groups in total. The van der Waals surface area contributed by atoms with E-state index in [1.165, 1.54) is 6.92 Å². The van der Waals surface area contributed by atoms with Crippen LogP contribution in [0.15, 0.2) is 72.0 Å². The zero-order chi connectivity index (χ0) is 16.4. The summed E-state index contributed by atoms with van der Waals surface area (Å²) in [5.41, 5.74) is 2.10. The average molecular weight is 306 g/mol. The van der Waals surface area contributed by atoms with E-state index in [9.17, 15) is 9.59 Å². The minimum atomic E-state index is -0.696. The van der Waals surface area contributed by atoms with Crippen molar-refractivity contribution in [1.82, 2.24) is 0 Å². The average Bonchev–Trinajstić information content (AvgIpc) is 2.93. The molecule has 0 radical (unpaired) electrons. The molecular weight excluding hydrogens is 288 g/mol. The third-order valence-corrected chi connectivity index (χ3v) is 4.15. The van der Waals surface area contributed by atoms with Crippen LogP contribution in [0, 0.1) is 0 Å². The van der Waals surface area contributed by atoms with Crippen LogP contribution in [-0.2, 0) is 9.53 Å². The Morgan fingerprint density at radius 3 is 2.04 bits per heavy atom. The number of carbonyl (C=O) groups excluding carboxylic acids is 2. The van der Waals surface area contributed by atoms with Crippen molar-refractivity contribution < 1.29 is 14.3 Å². The first kappa shape index (κ1) is 15.2. The largest absolute Gasteiger partial charge is 0.485 e. The lowest BCUT2D eigenvalue weighted by atomic mass is 9.83. The maximum absolute atomic E-state index is 12.9. The van der Waals surface area contributed by atoms with Crippen LogP contribution >= 0.6 is 0 Å². The van der Waals surface area contributed by atoms with Crippen LogP contribution in [0.1, 0.15) is 35.7 Å². The highest BCUT2D eigenvalue weighted by Crippen LogP contribution is 2.40. The van der Waals surface area contributed by atoms with Crippen LogP contribution in [0.4, 0.5) is 0 Å². The first-order valence-electron chi connectivity index (χ1n) is 7.62. The third-order valence-electron chi connectivity index (χ3n) is 4.15. The van der Waals surface area contributed by atoms with Gasteiger partial charge >= 0.3 is 0 Å². The maximum atomic E-state index is 12.9. The zero-order valence-corrected chi connectivity index (χ0v) is 13.2. The van der Waals surface area contributed by atoms with Gasteiger partial charge in [0.15, 0.2) is 11.9 Å². The number of carbonyl (C=O) groups is 2. The lowest BCUT2D eigenvalue weighted by molar-refractivity contribution is -0.113. The van der Waals surface area contributed by atoms with E-state index in [0.717, 1.165) is 5.56 Å². The van der Waals surface area contributed by atoms with E-state index in [4.69, 9.17) is 4.74 Å². The van der Waals surface area contributed by atoms with Crippen molar-refractivity contribution in [2.75, 3.05) is 0 Å². The van der Waals surface area contributed by atoms with Gasteiger partial charge in [-0.15, -0.1) is 0 Å². The Morgan fingerprint density at radius 2 is 1.48 bits per heavy atom. The molecule has 0 bridgehead atoms. The Labute approximate surface area is 135 Å². The molecular formula is C20H18O3. The number of allylic oxidation sites excluding steroid dienone is 1. The predicted molar refractivity (Wildman–Crippen MR) is 88.2 cm³/mol. The van der Waals surface area contributed by atoms with Crippen LogP contribution in [0.3, 0.4) is 0 Å². The van der Waals surface area contributed by atoms with Gasteiger partial charge in [-0.25, -0.2) is 0 Å². The molecule has 0 aromatic heterocycles. The van der Waals surface area contributed by atoms with Crippen LogP contribution in [-0.4, -0.2) is 17.7 Å². The first-order valence-corrected chi connectivity index (χ1v) is 7.62. The molecule has 0 spiro atoms. The molecule has 23 heavy (non-hydrogen) atoms. The quantitative estimate of drug-likeness (QED) is 0.804. The van der Waals surface area contributed by atoms with Gasteiger partial charge in [0.1, 0.15) is 5.76 Å². The topological polar surface area (TPSA) is 43.4 Å². The van der Waals surface area contributed by atoms with Crippen LogP contribution < -0.4 is 0 Å². The van der Waals surface area contributed by atoms with Gasteiger partial charge in [-0.05, 0) is 19.4 Å². The molecule has 2 aromatic carbocycles. The smallest absolute Gasteiger partial charge is 0.204 e. The molecule has 116 valence electrons. The van der Waals surface area contributed by atoms with Gasteiger partial charge in [-0.2, -0.15) is 0 Å². The number of ketones is 2. The molecule has 2 aromatic rings. The normalized spacial score (nSPS) is 20.3. The van der Waals surface area contributed by atoms with Gasteiger partial charge in [-0.3, -0.25) is 9.59 Å². The van der Waals surface area contributed by atoms with Crippen LogP contribution in [0.25, 0.3) is 0 Å². The van der Waals surface area contributed by atoms with Gasteiger partial charge in [0.2, 0.25) is 5.78 Å². The van der Waals surface area contributed by atoms with Crippen molar-refractivity contribution in [3.05, 3.63) is 83.1 Å². The summed E-state index contributed by atoms with van der Waals surface area (Å²) >= 11 is 0. The van der Waals surface area contributed by atoms with E-state index in [2.05, 4.69) is 0 Å². The molecule has 3 rings (SSSR count). The third kappa shape index (κ3) is 2.82. The van der Waals surface area contributed by atoms with E-state index in [1.807, 2.05) is 48.5 Å². The summed E-state index contributed by atoms with van der Waals surface area (Å²) in [6, 6.07) is 18.7. The Bertz CT molecular complexity index is 760.